The number of amides is 3. The van der Waals surface area contributed by atoms with Crippen molar-refractivity contribution in [1.29, 1.82) is 0 Å². The molecule has 0 spiro atoms. The number of nitrogens with zero attached hydrogens (tertiary/aromatic N) is 2. The first-order chi connectivity index (χ1) is 13.6. The quantitative estimate of drug-likeness (QED) is 0.730. The van der Waals surface area contributed by atoms with Crippen molar-refractivity contribution in [3.63, 3.8) is 0 Å². The predicted octanol–water partition coefficient (Wildman–Crippen LogP) is 2.15. The molecule has 2 aromatic rings. The SMILES string of the molecule is O=C(/C=C/c1ccccc1)NCC(=O)N1CCCC(C(=O)Nc2nccs2)C1. The zero-order valence-electron chi connectivity index (χ0n) is 15.3. The van der Waals surface area contributed by atoms with Gasteiger partial charge >= 0.3 is 0 Å². The first kappa shape index (κ1) is 19.8. The molecule has 3 amide bonds. The Balaban J connectivity index is 1.45. The summed E-state index contributed by atoms with van der Waals surface area (Å²) in [7, 11) is 0. The van der Waals surface area contributed by atoms with Crippen molar-refractivity contribution in [2.45, 2.75) is 12.8 Å². The summed E-state index contributed by atoms with van der Waals surface area (Å²) in [6.07, 6.45) is 6.21. The Bertz CT molecular complexity index is 836. The van der Waals surface area contributed by atoms with Crippen molar-refractivity contribution in [3.05, 3.63) is 53.5 Å². The number of hydrogen-bond acceptors (Lipinski definition) is 5. The minimum Gasteiger partial charge on any atom is -0.343 e. The zero-order valence-corrected chi connectivity index (χ0v) is 16.2. The summed E-state index contributed by atoms with van der Waals surface area (Å²) >= 11 is 1.36. The molecule has 2 N–H and O–H groups in total. The Morgan fingerprint density at radius 1 is 1.25 bits per heavy atom. The van der Waals surface area contributed by atoms with E-state index in [9.17, 15) is 14.4 Å². The van der Waals surface area contributed by atoms with E-state index in [2.05, 4.69) is 15.6 Å². The number of hydrogen-bond donors (Lipinski definition) is 2. The molecule has 1 fully saturated rings. The van der Waals surface area contributed by atoms with Crippen molar-refractivity contribution in [3.8, 4) is 0 Å². The minimum absolute atomic E-state index is 0.0845. The molecule has 0 radical (unpaired) electrons. The van der Waals surface area contributed by atoms with Gasteiger partial charge in [0.1, 0.15) is 0 Å². The van der Waals surface area contributed by atoms with Crippen LogP contribution in [-0.2, 0) is 14.4 Å². The van der Waals surface area contributed by atoms with Gasteiger partial charge in [0.25, 0.3) is 0 Å². The highest BCUT2D eigenvalue weighted by Gasteiger charge is 2.28. The van der Waals surface area contributed by atoms with Crippen LogP contribution < -0.4 is 10.6 Å². The number of nitrogens with one attached hydrogen (secondary N) is 2. The van der Waals surface area contributed by atoms with E-state index in [1.54, 1.807) is 22.6 Å². The smallest absolute Gasteiger partial charge is 0.244 e. The molecule has 7 nitrogen and oxygen atoms in total. The van der Waals surface area contributed by atoms with Gasteiger partial charge in [0, 0.05) is 30.7 Å². The van der Waals surface area contributed by atoms with Gasteiger partial charge in [-0.2, -0.15) is 0 Å². The van der Waals surface area contributed by atoms with E-state index in [0.29, 0.717) is 18.2 Å². The topological polar surface area (TPSA) is 91.4 Å². The van der Waals surface area contributed by atoms with Crippen LogP contribution in [0.2, 0.25) is 0 Å². The van der Waals surface area contributed by atoms with Gasteiger partial charge in [-0.15, -0.1) is 11.3 Å². The highest BCUT2D eigenvalue weighted by atomic mass is 32.1. The maximum Gasteiger partial charge on any atom is 0.244 e. The first-order valence-electron chi connectivity index (χ1n) is 9.11. The van der Waals surface area contributed by atoms with E-state index in [4.69, 9.17) is 0 Å². The number of carbonyl (C=O) groups excluding carboxylic acids is 3. The summed E-state index contributed by atoms with van der Waals surface area (Å²) in [6.45, 7) is 0.861. The molecule has 2 heterocycles. The van der Waals surface area contributed by atoms with Crippen molar-refractivity contribution in [2.24, 2.45) is 5.92 Å². The van der Waals surface area contributed by atoms with Gasteiger partial charge in [0.15, 0.2) is 5.13 Å². The molecule has 8 heteroatoms. The van der Waals surface area contributed by atoms with E-state index in [1.165, 1.54) is 17.4 Å². The monoisotopic (exact) mass is 398 g/mol. The van der Waals surface area contributed by atoms with E-state index in [1.807, 2.05) is 30.3 Å². The lowest BCUT2D eigenvalue weighted by atomic mass is 9.97. The largest absolute Gasteiger partial charge is 0.343 e. The highest BCUT2D eigenvalue weighted by Crippen LogP contribution is 2.19. The number of rotatable bonds is 6. The van der Waals surface area contributed by atoms with Gasteiger partial charge in [-0.1, -0.05) is 30.3 Å². The van der Waals surface area contributed by atoms with Gasteiger partial charge in [0.2, 0.25) is 17.7 Å². The summed E-state index contributed by atoms with van der Waals surface area (Å²) < 4.78 is 0. The zero-order chi connectivity index (χ0) is 19.8. The van der Waals surface area contributed by atoms with E-state index in [-0.39, 0.29) is 30.2 Å². The van der Waals surface area contributed by atoms with Crippen LogP contribution >= 0.6 is 11.3 Å². The maximum atomic E-state index is 12.4. The Morgan fingerprint density at radius 3 is 2.82 bits per heavy atom. The molecule has 0 aliphatic carbocycles. The van der Waals surface area contributed by atoms with Gasteiger partial charge in [-0.05, 0) is 24.5 Å². The summed E-state index contributed by atoms with van der Waals surface area (Å²) in [6, 6.07) is 9.45. The lowest BCUT2D eigenvalue weighted by Crippen LogP contribution is -2.47. The summed E-state index contributed by atoms with van der Waals surface area (Å²) in [5.74, 6) is -0.905. The third-order valence-electron chi connectivity index (χ3n) is 4.45. The van der Waals surface area contributed by atoms with E-state index in [0.717, 1.165) is 18.4 Å². The Labute approximate surface area is 167 Å². The number of benzene rings is 1. The molecule has 3 rings (SSSR count). The maximum absolute atomic E-state index is 12.4. The second kappa shape index (κ2) is 9.80. The molecule has 1 atom stereocenters. The second-order valence-electron chi connectivity index (χ2n) is 6.47. The average Bonchev–Trinajstić information content (AvgIpc) is 3.24. The Hall–Kier alpha value is -3.00. The molecule has 146 valence electrons. The molecular formula is C20H22N4O3S. The fourth-order valence-electron chi connectivity index (χ4n) is 2.98. The molecule has 1 aromatic carbocycles. The molecule has 1 aliphatic rings. The Morgan fingerprint density at radius 2 is 2.07 bits per heavy atom. The predicted molar refractivity (Wildman–Crippen MR) is 109 cm³/mol. The number of likely N-dealkylation sites (tertiary alicyclic amines) is 1. The number of carbonyl (C=O) groups is 3. The minimum atomic E-state index is -0.327. The standard InChI is InChI=1S/C20H22N4O3S/c25-17(9-8-15-5-2-1-3-6-15)22-13-18(26)24-11-4-7-16(14-24)19(27)23-20-21-10-12-28-20/h1-3,5-6,8-10,12,16H,4,7,11,13-14H2,(H,22,25)(H,21,23,27)/b9-8+. The van der Waals surface area contributed by atoms with Crippen LogP contribution in [0.5, 0.6) is 0 Å². The normalized spacial score (nSPS) is 16.7. The molecule has 0 bridgehead atoms. The number of thiazole rings is 1. The summed E-state index contributed by atoms with van der Waals surface area (Å²) in [4.78, 5) is 42.4. The van der Waals surface area contributed by atoms with Crippen molar-refractivity contribution < 1.29 is 14.4 Å². The third-order valence-corrected chi connectivity index (χ3v) is 5.14. The van der Waals surface area contributed by atoms with E-state index >= 15 is 0 Å². The number of aromatic nitrogens is 1. The van der Waals surface area contributed by atoms with Crippen LogP contribution in [0, 0.1) is 5.92 Å². The molecule has 1 aromatic heterocycles. The van der Waals surface area contributed by atoms with Crippen LogP contribution in [0.25, 0.3) is 6.08 Å². The number of anilines is 1. The Kier molecular flexibility index (Phi) is 6.91. The number of piperidine rings is 1. The van der Waals surface area contributed by atoms with Gasteiger partial charge in [-0.3, -0.25) is 14.4 Å². The molecule has 28 heavy (non-hydrogen) atoms. The van der Waals surface area contributed by atoms with Crippen molar-refractivity contribution in [2.75, 3.05) is 25.0 Å². The second-order valence-corrected chi connectivity index (χ2v) is 7.36. The molecule has 0 saturated carbocycles. The van der Waals surface area contributed by atoms with Crippen LogP contribution in [0.1, 0.15) is 18.4 Å². The van der Waals surface area contributed by atoms with Crippen molar-refractivity contribution in [1.82, 2.24) is 15.2 Å². The van der Waals surface area contributed by atoms with Gasteiger partial charge in [0.05, 0.1) is 12.5 Å². The summed E-state index contributed by atoms with van der Waals surface area (Å²) in [5.41, 5.74) is 0.911. The van der Waals surface area contributed by atoms with Crippen LogP contribution in [-0.4, -0.2) is 47.2 Å². The molecule has 1 unspecified atom stereocenters. The third kappa shape index (κ3) is 5.75. The summed E-state index contributed by atoms with van der Waals surface area (Å²) in [5, 5.41) is 7.74. The van der Waals surface area contributed by atoms with Crippen LogP contribution in [0.3, 0.4) is 0 Å². The molecular weight excluding hydrogens is 376 g/mol. The van der Waals surface area contributed by atoms with E-state index < -0.39 is 0 Å². The lowest BCUT2D eigenvalue weighted by Gasteiger charge is -2.31. The van der Waals surface area contributed by atoms with Crippen molar-refractivity contribution >= 4 is 40.3 Å². The van der Waals surface area contributed by atoms with Gasteiger partial charge in [-0.25, -0.2) is 4.98 Å². The molecule has 1 saturated heterocycles. The average molecular weight is 398 g/mol. The highest BCUT2D eigenvalue weighted by molar-refractivity contribution is 7.13. The van der Waals surface area contributed by atoms with Crippen LogP contribution in [0.15, 0.2) is 48.0 Å². The molecule has 1 aliphatic heterocycles. The fourth-order valence-corrected chi connectivity index (χ4v) is 3.51. The van der Waals surface area contributed by atoms with Gasteiger partial charge < -0.3 is 15.5 Å². The first-order valence-corrected chi connectivity index (χ1v) is 9.99. The van der Waals surface area contributed by atoms with Crippen LogP contribution in [0.4, 0.5) is 5.13 Å². The lowest BCUT2D eigenvalue weighted by molar-refractivity contribution is -0.135. The fraction of sp³-hybridized carbons (Fsp3) is 0.300.